The predicted molar refractivity (Wildman–Crippen MR) is 113 cm³/mol. The summed E-state index contributed by atoms with van der Waals surface area (Å²) < 4.78 is 5.68. The molecular formula is C24H24N2O2. The second kappa shape index (κ2) is 8.17. The van der Waals surface area contributed by atoms with Crippen molar-refractivity contribution in [1.82, 2.24) is 0 Å². The molecule has 0 saturated heterocycles. The fourth-order valence-corrected chi connectivity index (χ4v) is 3.79. The number of anilines is 2. The molecule has 0 bridgehead atoms. The van der Waals surface area contributed by atoms with Gasteiger partial charge in [-0.3, -0.25) is 4.79 Å². The van der Waals surface area contributed by atoms with Gasteiger partial charge in [0.1, 0.15) is 11.8 Å². The monoisotopic (exact) mass is 372 g/mol. The summed E-state index contributed by atoms with van der Waals surface area (Å²) in [6, 6.07) is 25.4. The van der Waals surface area contributed by atoms with Crippen LogP contribution in [0.15, 0.2) is 78.9 Å². The van der Waals surface area contributed by atoms with Gasteiger partial charge in [0, 0.05) is 12.2 Å². The molecule has 0 unspecified atom stereocenters. The molecule has 0 spiro atoms. The Morgan fingerprint density at radius 1 is 1.00 bits per heavy atom. The molecule has 3 aromatic rings. The molecule has 1 amide bonds. The summed E-state index contributed by atoms with van der Waals surface area (Å²) in [6.45, 7) is 3.31. The van der Waals surface area contributed by atoms with E-state index in [9.17, 15) is 4.79 Å². The van der Waals surface area contributed by atoms with Crippen LogP contribution in [0.5, 0.6) is 5.75 Å². The van der Waals surface area contributed by atoms with Gasteiger partial charge in [0.25, 0.3) is 5.91 Å². The van der Waals surface area contributed by atoms with Gasteiger partial charge in [0.15, 0.2) is 0 Å². The Morgan fingerprint density at radius 3 is 2.54 bits per heavy atom. The van der Waals surface area contributed by atoms with E-state index in [2.05, 4.69) is 28.4 Å². The molecule has 3 aromatic carbocycles. The standard InChI is InChI=1S/C24H24N2O2/c1-2-28-22-15-9-7-13-20(22)25-24(27)23(19-11-4-3-5-12-19)26-17-16-18-10-6-8-14-21(18)26/h3-15,23H,2,16-17H2,1H3,(H,25,27)/t23-/m0/s1. The Balaban J connectivity index is 1.68. The fraction of sp³-hybridized carbons (Fsp3) is 0.208. The van der Waals surface area contributed by atoms with Crippen LogP contribution in [-0.4, -0.2) is 19.1 Å². The minimum atomic E-state index is -0.403. The lowest BCUT2D eigenvalue weighted by Crippen LogP contribution is -2.36. The number of ether oxygens (including phenoxy) is 1. The first-order valence-electron chi connectivity index (χ1n) is 9.70. The summed E-state index contributed by atoms with van der Waals surface area (Å²) in [7, 11) is 0. The minimum absolute atomic E-state index is 0.0601. The Morgan fingerprint density at radius 2 is 1.71 bits per heavy atom. The van der Waals surface area contributed by atoms with Gasteiger partial charge < -0.3 is 15.0 Å². The highest BCUT2D eigenvalue weighted by molar-refractivity contribution is 5.99. The number of rotatable bonds is 6. The van der Waals surface area contributed by atoms with Gasteiger partial charge in [-0.2, -0.15) is 0 Å². The number of carbonyl (C=O) groups is 1. The minimum Gasteiger partial charge on any atom is -0.492 e. The predicted octanol–water partition coefficient (Wildman–Crippen LogP) is 4.83. The van der Waals surface area contributed by atoms with Crippen molar-refractivity contribution in [2.24, 2.45) is 0 Å². The normalized spacial score (nSPS) is 13.7. The second-order valence-corrected chi connectivity index (χ2v) is 6.80. The van der Waals surface area contributed by atoms with Crippen molar-refractivity contribution in [2.45, 2.75) is 19.4 Å². The van der Waals surface area contributed by atoms with Gasteiger partial charge in [-0.25, -0.2) is 0 Å². The molecule has 0 radical (unpaired) electrons. The third-order valence-corrected chi connectivity index (χ3v) is 5.04. The summed E-state index contributed by atoms with van der Waals surface area (Å²) in [5.41, 5.74) is 4.09. The van der Waals surface area contributed by atoms with Crippen molar-refractivity contribution in [3.05, 3.63) is 90.0 Å². The molecular weight excluding hydrogens is 348 g/mol. The summed E-state index contributed by atoms with van der Waals surface area (Å²) >= 11 is 0. The molecule has 1 aliphatic rings. The molecule has 0 aliphatic carbocycles. The van der Waals surface area contributed by atoms with E-state index in [1.54, 1.807) is 0 Å². The highest BCUT2D eigenvalue weighted by Crippen LogP contribution is 2.36. The number of nitrogens with one attached hydrogen (secondary N) is 1. The number of hydrogen-bond acceptors (Lipinski definition) is 3. The Hall–Kier alpha value is -3.27. The van der Waals surface area contributed by atoms with Crippen molar-refractivity contribution in [3.8, 4) is 5.75 Å². The zero-order chi connectivity index (χ0) is 19.3. The van der Waals surface area contributed by atoms with Gasteiger partial charge in [-0.05, 0) is 42.7 Å². The Labute approximate surface area is 165 Å². The summed E-state index contributed by atoms with van der Waals surface area (Å²) in [4.78, 5) is 15.7. The summed E-state index contributed by atoms with van der Waals surface area (Å²) in [5, 5.41) is 3.10. The molecule has 0 saturated carbocycles. The fourth-order valence-electron chi connectivity index (χ4n) is 3.79. The van der Waals surface area contributed by atoms with Crippen LogP contribution in [0.3, 0.4) is 0 Å². The molecule has 1 atom stereocenters. The first-order chi connectivity index (χ1) is 13.8. The number of amides is 1. The van der Waals surface area contributed by atoms with Crippen LogP contribution < -0.4 is 15.0 Å². The van der Waals surface area contributed by atoms with Gasteiger partial charge in [0.2, 0.25) is 0 Å². The first-order valence-corrected chi connectivity index (χ1v) is 9.70. The van der Waals surface area contributed by atoms with E-state index in [0.717, 1.165) is 24.2 Å². The Kier molecular flexibility index (Phi) is 5.29. The van der Waals surface area contributed by atoms with E-state index in [4.69, 9.17) is 4.74 Å². The lowest BCUT2D eigenvalue weighted by Gasteiger charge is -2.30. The molecule has 0 fully saturated rings. The number of nitrogens with zero attached hydrogens (tertiary/aromatic N) is 1. The summed E-state index contributed by atoms with van der Waals surface area (Å²) in [5.74, 6) is 0.627. The van der Waals surface area contributed by atoms with Gasteiger partial charge in [0.05, 0.1) is 12.3 Å². The van der Waals surface area contributed by atoms with Gasteiger partial charge in [-0.1, -0.05) is 60.7 Å². The van der Waals surface area contributed by atoms with Crippen molar-refractivity contribution < 1.29 is 9.53 Å². The number of hydrogen-bond donors (Lipinski definition) is 1. The highest BCUT2D eigenvalue weighted by Gasteiger charge is 2.32. The third-order valence-electron chi connectivity index (χ3n) is 5.04. The average molecular weight is 372 g/mol. The maximum atomic E-state index is 13.5. The zero-order valence-corrected chi connectivity index (χ0v) is 16.0. The van der Waals surface area contributed by atoms with Crippen LogP contribution in [0, 0.1) is 0 Å². The van der Waals surface area contributed by atoms with Gasteiger partial charge in [-0.15, -0.1) is 0 Å². The van der Waals surface area contributed by atoms with Crippen LogP contribution in [0.25, 0.3) is 0 Å². The lowest BCUT2D eigenvalue weighted by atomic mass is 10.0. The number of benzene rings is 3. The van der Waals surface area contributed by atoms with Crippen LogP contribution in [0.4, 0.5) is 11.4 Å². The molecule has 4 nitrogen and oxygen atoms in total. The SMILES string of the molecule is CCOc1ccccc1NC(=O)[C@H](c1ccccc1)N1CCc2ccccc21. The zero-order valence-electron chi connectivity index (χ0n) is 16.0. The third kappa shape index (κ3) is 3.58. The molecule has 142 valence electrons. The lowest BCUT2D eigenvalue weighted by molar-refractivity contribution is -0.117. The average Bonchev–Trinajstić information content (AvgIpc) is 3.15. The van der Waals surface area contributed by atoms with Crippen LogP contribution in [0.2, 0.25) is 0 Å². The van der Waals surface area contributed by atoms with E-state index in [1.807, 2.05) is 67.6 Å². The topological polar surface area (TPSA) is 41.6 Å². The molecule has 4 heteroatoms. The van der Waals surface area contributed by atoms with Crippen molar-refractivity contribution in [2.75, 3.05) is 23.4 Å². The maximum absolute atomic E-state index is 13.5. The number of carbonyl (C=O) groups excluding carboxylic acids is 1. The summed E-state index contributed by atoms with van der Waals surface area (Å²) in [6.07, 6.45) is 0.947. The van der Waals surface area contributed by atoms with Crippen LogP contribution in [0.1, 0.15) is 24.1 Å². The molecule has 0 aromatic heterocycles. The largest absolute Gasteiger partial charge is 0.492 e. The molecule has 1 N–H and O–H groups in total. The molecule has 1 aliphatic heterocycles. The Bertz CT molecular complexity index is 956. The molecule has 1 heterocycles. The highest BCUT2D eigenvalue weighted by atomic mass is 16.5. The van der Waals surface area contributed by atoms with Crippen LogP contribution in [-0.2, 0) is 11.2 Å². The second-order valence-electron chi connectivity index (χ2n) is 6.80. The molecule has 4 rings (SSSR count). The van der Waals surface area contributed by atoms with E-state index in [0.29, 0.717) is 18.0 Å². The number of para-hydroxylation sites is 3. The van der Waals surface area contributed by atoms with E-state index in [-0.39, 0.29) is 5.91 Å². The smallest absolute Gasteiger partial charge is 0.251 e. The van der Waals surface area contributed by atoms with Crippen molar-refractivity contribution in [1.29, 1.82) is 0 Å². The first kappa shape index (κ1) is 18.1. The quantitative estimate of drug-likeness (QED) is 0.674. The molecule has 28 heavy (non-hydrogen) atoms. The van der Waals surface area contributed by atoms with Crippen molar-refractivity contribution in [3.63, 3.8) is 0 Å². The number of fused-ring (bicyclic) bond motifs is 1. The van der Waals surface area contributed by atoms with E-state index >= 15 is 0 Å². The van der Waals surface area contributed by atoms with Gasteiger partial charge >= 0.3 is 0 Å². The van der Waals surface area contributed by atoms with Crippen LogP contribution >= 0.6 is 0 Å². The van der Waals surface area contributed by atoms with E-state index in [1.165, 1.54) is 5.56 Å². The van der Waals surface area contributed by atoms with Crippen molar-refractivity contribution >= 4 is 17.3 Å². The van der Waals surface area contributed by atoms with E-state index < -0.39 is 6.04 Å². The maximum Gasteiger partial charge on any atom is 0.251 e.